The van der Waals surface area contributed by atoms with E-state index in [9.17, 15) is 9.59 Å². The average molecular weight is 338 g/mol. The van der Waals surface area contributed by atoms with E-state index in [-0.39, 0.29) is 17.7 Å². The minimum Gasteiger partial charge on any atom is -0.409 e. The van der Waals surface area contributed by atoms with Crippen molar-refractivity contribution >= 4 is 17.7 Å². The summed E-state index contributed by atoms with van der Waals surface area (Å²) < 4.78 is 5.40. The van der Waals surface area contributed by atoms with Gasteiger partial charge in [-0.25, -0.2) is 4.79 Å². The highest BCUT2D eigenvalue weighted by atomic mass is 16.6. The van der Waals surface area contributed by atoms with Gasteiger partial charge in [-0.05, 0) is 37.1 Å². The van der Waals surface area contributed by atoms with Crippen LogP contribution in [0.2, 0.25) is 0 Å². The van der Waals surface area contributed by atoms with E-state index in [2.05, 4.69) is 10.6 Å². The molecule has 0 heterocycles. The maximum Gasteiger partial charge on any atom is 0.412 e. The Kier molecular flexibility index (Phi) is 5.67. The Morgan fingerprint density at radius 2 is 1.56 bits per heavy atom. The predicted molar refractivity (Wildman–Crippen MR) is 96.9 cm³/mol. The molecule has 130 valence electrons. The monoisotopic (exact) mass is 338 g/mol. The number of carbonyl (C=O) groups excluding carboxylic acids is 2. The number of hydrogen-bond donors (Lipinski definition) is 2. The maximum absolute atomic E-state index is 12.5. The van der Waals surface area contributed by atoms with E-state index < -0.39 is 6.09 Å². The number of hydrogen-bond acceptors (Lipinski definition) is 3. The second kappa shape index (κ2) is 8.33. The molecule has 0 saturated heterocycles. The van der Waals surface area contributed by atoms with Gasteiger partial charge in [0.05, 0.1) is 5.56 Å². The fraction of sp³-hybridized carbons (Fsp3) is 0.300. The molecule has 2 aromatic carbocycles. The summed E-state index contributed by atoms with van der Waals surface area (Å²) in [5.41, 5.74) is 1.01. The van der Waals surface area contributed by atoms with Crippen LogP contribution in [-0.2, 0) is 0 Å². The molecule has 1 aliphatic carbocycles. The number of anilines is 1. The van der Waals surface area contributed by atoms with Gasteiger partial charge in [-0.2, -0.15) is 0 Å². The number of rotatable bonds is 4. The van der Waals surface area contributed by atoms with Gasteiger partial charge in [0.15, 0.2) is 0 Å². The van der Waals surface area contributed by atoms with E-state index in [0.29, 0.717) is 11.3 Å². The lowest BCUT2D eigenvalue weighted by molar-refractivity contribution is 0.102. The molecule has 3 rings (SSSR count). The lowest BCUT2D eigenvalue weighted by atomic mass is 9.96. The summed E-state index contributed by atoms with van der Waals surface area (Å²) in [4.78, 5) is 24.6. The van der Waals surface area contributed by atoms with Crippen molar-refractivity contribution in [2.75, 3.05) is 5.32 Å². The van der Waals surface area contributed by atoms with E-state index in [1.807, 2.05) is 18.2 Å². The van der Waals surface area contributed by atoms with Crippen LogP contribution in [-0.4, -0.2) is 18.0 Å². The molecule has 5 nitrogen and oxygen atoms in total. The Labute approximate surface area is 147 Å². The first-order chi connectivity index (χ1) is 12.2. The van der Waals surface area contributed by atoms with E-state index in [0.717, 1.165) is 25.7 Å². The molecule has 2 N–H and O–H groups in total. The molecule has 5 heteroatoms. The van der Waals surface area contributed by atoms with Crippen LogP contribution >= 0.6 is 0 Å². The van der Waals surface area contributed by atoms with Crippen molar-refractivity contribution < 1.29 is 14.3 Å². The van der Waals surface area contributed by atoms with Crippen LogP contribution in [0.5, 0.6) is 5.75 Å². The molecule has 2 amide bonds. The normalized spacial score (nSPS) is 14.6. The SMILES string of the molecule is O=C(NC1CCCCC1)Oc1ccccc1C(=O)Nc1ccccc1. The highest BCUT2D eigenvalue weighted by Gasteiger charge is 2.19. The molecule has 0 radical (unpaired) electrons. The minimum absolute atomic E-state index is 0.159. The molecular formula is C20H22N2O3. The first-order valence-electron chi connectivity index (χ1n) is 8.66. The molecule has 1 aliphatic rings. The number of benzene rings is 2. The maximum atomic E-state index is 12.5. The number of carbonyl (C=O) groups is 2. The van der Waals surface area contributed by atoms with E-state index in [1.54, 1.807) is 36.4 Å². The summed E-state index contributed by atoms with van der Waals surface area (Å²) in [5, 5.41) is 5.69. The van der Waals surface area contributed by atoms with Gasteiger partial charge in [0.2, 0.25) is 0 Å². The Morgan fingerprint density at radius 1 is 0.880 bits per heavy atom. The average Bonchev–Trinajstić information content (AvgIpc) is 2.63. The van der Waals surface area contributed by atoms with Crippen molar-refractivity contribution in [2.24, 2.45) is 0 Å². The van der Waals surface area contributed by atoms with Gasteiger partial charge in [-0.3, -0.25) is 4.79 Å². The van der Waals surface area contributed by atoms with Crippen LogP contribution in [0.4, 0.5) is 10.5 Å². The number of ether oxygens (including phenoxy) is 1. The zero-order valence-corrected chi connectivity index (χ0v) is 14.0. The van der Waals surface area contributed by atoms with Gasteiger partial charge < -0.3 is 15.4 Å². The fourth-order valence-corrected chi connectivity index (χ4v) is 3.01. The van der Waals surface area contributed by atoms with Crippen LogP contribution < -0.4 is 15.4 Å². The largest absolute Gasteiger partial charge is 0.412 e. The molecular weight excluding hydrogens is 316 g/mol. The number of para-hydroxylation sites is 2. The number of nitrogens with one attached hydrogen (secondary N) is 2. The van der Waals surface area contributed by atoms with Crippen LogP contribution in [0.1, 0.15) is 42.5 Å². The number of amides is 2. The van der Waals surface area contributed by atoms with Gasteiger partial charge in [0.25, 0.3) is 5.91 Å². The molecule has 0 aromatic heterocycles. The summed E-state index contributed by atoms with van der Waals surface area (Å²) in [5.74, 6) is -0.0588. The summed E-state index contributed by atoms with van der Waals surface area (Å²) in [6.07, 6.45) is 4.92. The third kappa shape index (κ3) is 4.83. The Bertz CT molecular complexity index is 725. The molecule has 0 unspecified atom stereocenters. The summed E-state index contributed by atoms with van der Waals surface area (Å²) in [6, 6.07) is 16.1. The van der Waals surface area contributed by atoms with Crippen LogP contribution in [0, 0.1) is 0 Å². The lowest BCUT2D eigenvalue weighted by Gasteiger charge is -2.22. The third-order valence-electron chi connectivity index (χ3n) is 4.29. The lowest BCUT2D eigenvalue weighted by Crippen LogP contribution is -2.38. The molecule has 0 atom stereocenters. The minimum atomic E-state index is -0.508. The molecule has 25 heavy (non-hydrogen) atoms. The smallest absolute Gasteiger partial charge is 0.409 e. The quantitative estimate of drug-likeness (QED) is 0.870. The van der Waals surface area contributed by atoms with Crippen molar-refractivity contribution in [3.63, 3.8) is 0 Å². The Balaban J connectivity index is 1.65. The van der Waals surface area contributed by atoms with E-state index in [4.69, 9.17) is 4.74 Å². The zero-order chi connectivity index (χ0) is 17.5. The van der Waals surface area contributed by atoms with Crippen molar-refractivity contribution in [3.8, 4) is 5.75 Å². The van der Waals surface area contributed by atoms with Crippen LogP contribution in [0.3, 0.4) is 0 Å². The van der Waals surface area contributed by atoms with Gasteiger partial charge in [0, 0.05) is 11.7 Å². The zero-order valence-electron chi connectivity index (χ0n) is 14.0. The van der Waals surface area contributed by atoms with Crippen LogP contribution in [0.15, 0.2) is 54.6 Å². The van der Waals surface area contributed by atoms with Gasteiger partial charge in [-0.15, -0.1) is 0 Å². The highest BCUT2D eigenvalue weighted by Crippen LogP contribution is 2.21. The second-order valence-corrected chi connectivity index (χ2v) is 6.19. The topological polar surface area (TPSA) is 67.4 Å². The first kappa shape index (κ1) is 17.0. The third-order valence-corrected chi connectivity index (χ3v) is 4.29. The Morgan fingerprint density at radius 3 is 2.32 bits per heavy atom. The van der Waals surface area contributed by atoms with E-state index >= 15 is 0 Å². The van der Waals surface area contributed by atoms with Crippen molar-refractivity contribution in [1.29, 1.82) is 0 Å². The Hall–Kier alpha value is -2.82. The molecule has 0 aliphatic heterocycles. The van der Waals surface area contributed by atoms with E-state index in [1.165, 1.54) is 6.42 Å². The van der Waals surface area contributed by atoms with Crippen LogP contribution in [0.25, 0.3) is 0 Å². The highest BCUT2D eigenvalue weighted by molar-refractivity contribution is 6.06. The van der Waals surface area contributed by atoms with Gasteiger partial charge >= 0.3 is 6.09 Å². The summed E-state index contributed by atoms with van der Waals surface area (Å²) in [6.45, 7) is 0. The second-order valence-electron chi connectivity index (χ2n) is 6.19. The summed E-state index contributed by atoms with van der Waals surface area (Å²) >= 11 is 0. The van der Waals surface area contributed by atoms with Crippen molar-refractivity contribution in [1.82, 2.24) is 5.32 Å². The molecule has 0 spiro atoms. The fourth-order valence-electron chi connectivity index (χ4n) is 3.01. The standard InChI is InChI=1S/C20H22N2O3/c23-19(21-15-9-3-1-4-10-15)17-13-7-8-14-18(17)25-20(24)22-16-11-5-2-6-12-16/h1,3-4,7-10,13-14,16H,2,5-6,11-12H2,(H,21,23)(H,22,24). The van der Waals surface area contributed by atoms with Gasteiger partial charge in [-0.1, -0.05) is 49.6 Å². The van der Waals surface area contributed by atoms with Crippen molar-refractivity contribution in [2.45, 2.75) is 38.1 Å². The molecule has 1 fully saturated rings. The molecule has 2 aromatic rings. The molecule has 1 saturated carbocycles. The summed E-state index contributed by atoms with van der Waals surface area (Å²) in [7, 11) is 0. The predicted octanol–water partition coefficient (Wildman–Crippen LogP) is 4.36. The van der Waals surface area contributed by atoms with Crippen molar-refractivity contribution in [3.05, 3.63) is 60.2 Å². The first-order valence-corrected chi connectivity index (χ1v) is 8.66. The molecule has 0 bridgehead atoms. The van der Waals surface area contributed by atoms with Gasteiger partial charge in [0.1, 0.15) is 5.75 Å².